The van der Waals surface area contributed by atoms with Gasteiger partial charge in [0.05, 0.1) is 17.7 Å². The van der Waals surface area contributed by atoms with E-state index in [0.717, 1.165) is 14.2 Å². The Labute approximate surface area is 225 Å². The third-order valence-electron chi connectivity index (χ3n) is 6.59. The molecule has 0 spiro atoms. The van der Waals surface area contributed by atoms with Crippen LogP contribution in [0, 0.1) is 11.8 Å². The number of carboxylic acids is 1. The number of fused-ring (bicyclic) bond motifs is 1. The summed E-state index contributed by atoms with van der Waals surface area (Å²) < 4.78 is 131. The molecule has 1 saturated carbocycles. The lowest BCUT2D eigenvalue weighted by Crippen LogP contribution is -2.61. The first-order chi connectivity index (χ1) is 18.0. The smallest absolute Gasteiger partial charge is 0.218 e. The number of carbonyl (C=O) groups excluding carboxylic acids is 1. The summed E-state index contributed by atoms with van der Waals surface area (Å²) in [6.45, 7) is 2.80. The van der Waals surface area contributed by atoms with Crippen molar-refractivity contribution in [2.45, 2.75) is 75.1 Å². The second kappa shape index (κ2) is 12.1. The molecule has 39 heavy (non-hydrogen) atoms. The summed E-state index contributed by atoms with van der Waals surface area (Å²) in [5, 5.41) is 11.8. The van der Waals surface area contributed by atoms with Gasteiger partial charge in [-0.25, -0.2) is 25.9 Å². The highest BCUT2D eigenvalue weighted by atomic mass is 32.3. The van der Waals surface area contributed by atoms with Crippen LogP contribution in [0.1, 0.15) is 20.3 Å². The van der Waals surface area contributed by atoms with Gasteiger partial charge in [-0.2, -0.15) is 0 Å². The monoisotopic (exact) mass is 628 g/mol. The summed E-state index contributed by atoms with van der Waals surface area (Å²) in [5.41, 5.74) is -1.84. The first-order valence-electron chi connectivity index (χ1n) is 10.9. The maximum Gasteiger partial charge on any atom is 0.218 e. The van der Waals surface area contributed by atoms with E-state index in [0.29, 0.717) is 0 Å². The zero-order valence-electron chi connectivity index (χ0n) is 20.5. The highest BCUT2D eigenvalue weighted by Gasteiger charge is 2.75. The molecule has 22 heteroatoms. The first-order valence-corrected chi connectivity index (χ1v) is 14.6. The normalized spacial score (nSPS) is 41.5. The minimum absolute atomic E-state index is 0.107. The summed E-state index contributed by atoms with van der Waals surface area (Å²) in [4.78, 5) is 16.6. The van der Waals surface area contributed by atoms with Crippen LogP contribution in [0.2, 0.25) is 0 Å². The quantitative estimate of drug-likeness (QED) is 0.0619. The molecule has 3 aliphatic rings. The maximum absolute atomic E-state index is 11.8. The van der Waals surface area contributed by atoms with E-state index in [9.17, 15) is 44.6 Å². The molecule has 0 bridgehead atoms. The van der Waals surface area contributed by atoms with Crippen LogP contribution in [-0.4, -0.2) is 110 Å². The van der Waals surface area contributed by atoms with E-state index in [4.69, 9.17) is 28.6 Å². The maximum atomic E-state index is 11.8. The average molecular weight is 629 g/mol. The van der Waals surface area contributed by atoms with Crippen molar-refractivity contribution in [1.82, 2.24) is 0 Å². The Hall–Kier alpha value is -0.960. The number of hydrogen-bond acceptors (Lipinski definition) is 19. The second-order valence-electron chi connectivity index (χ2n) is 8.76. The van der Waals surface area contributed by atoms with E-state index < -0.39 is 105 Å². The molecule has 0 radical (unpaired) electrons. The molecule has 0 aromatic carbocycles. The molecule has 12 atom stereocenters. The Bertz CT molecular complexity index is 1130. The fourth-order valence-corrected chi connectivity index (χ4v) is 6.21. The molecule has 0 aromatic heterocycles. The Morgan fingerprint density at radius 2 is 1.51 bits per heavy atom. The van der Waals surface area contributed by atoms with Gasteiger partial charge in [-0.1, -0.05) is 6.92 Å². The number of ether oxygens (including phenoxy) is 5. The van der Waals surface area contributed by atoms with Gasteiger partial charge in [-0.05, 0) is 13.3 Å². The van der Waals surface area contributed by atoms with Crippen molar-refractivity contribution in [2.75, 3.05) is 14.2 Å². The predicted octanol–water partition coefficient (Wildman–Crippen LogP) is -3.92. The van der Waals surface area contributed by atoms with Crippen molar-refractivity contribution in [1.29, 1.82) is 0 Å². The Morgan fingerprint density at radius 3 is 1.97 bits per heavy atom. The molecule has 0 amide bonds. The topological polar surface area (TPSA) is 278 Å². The van der Waals surface area contributed by atoms with Gasteiger partial charge < -0.3 is 47.2 Å². The second-order valence-corrected chi connectivity index (χ2v) is 11.3. The van der Waals surface area contributed by atoms with Gasteiger partial charge in [0.15, 0.2) is 24.8 Å². The molecular weight excluding hydrogens is 604 g/mol. The number of carbonyl (C=O) groups is 1. The number of methoxy groups -OCH3 is 2. The predicted molar refractivity (Wildman–Crippen MR) is 111 cm³/mol. The minimum Gasteiger partial charge on any atom is -0.748 e. The standard InChI is InChI=1S/C17H28O19S3/c1-5-6-9(28-3)12(33-36-37(20)21)13(35-39(25,26)27)16(30-6)32-17(2)7-8(17)11(34-38(22,23)24)15(29-4)31-10(7)14(18)19/h6-13,15-16H,5H2,1-4H3,(H,18,19)(H,20,21)(H,22,23,24)(H,25,26,27)/p-4/t6?,7-,8-,9-,10?,11?,12-,13?,15-,16-,17?/m0/s1. The Kier molecular flexibility index (Phi) is 10.1. The van der Waals surface area contributed by atoms with Gasteiger partial charge in [0, 0.05) is 26.1 Å². The molecule has 3 rings (SSSR count). The molecule has 19 nitrogen and oxygen atoms in total. The molecule has 2 heterocycles. The molecule has 228 valence electrons. The van der Waals surface area contributed by atoms with Crippen LogP contribution in [-0.2, 0) is 78.2 Å². The van der Waals surface area contributed by atoms with Crippen molar-refractivity contribution in [3.05, 3.63) is 0 Å². The molecular formula is C17H24O19S3-4. The van der Waals surface area contributed by atoms with Crippen LogP contribution in [0.4, 0.5) is 0 Å². The van der Waals surface area contributed by atoms with Gasteiger partial charge in [-0.15, -0.1) is 4.33 Å². The lowest BCUT2D eigenvalue weighted by Gasteiger charge is -2.45. The van der Waals surface area contributed by atoms with Crippen LogP contribution in [0.25, 0.3) is 0 Å². The average Bonchev–Trinajstić information content (AvgIpc) is 3.41. The lowest BCUT2D eigenvalue weighted by atomic mass is 9.97. The van der Waals surface area contributed by atoms with Crippen LogP contribution in [0.5, 0.6) is 0 Å². The van der Waals surface area contributed by atoms with Gasteiger partial charge in [0.1, 0.15) is 29.7 Å². The zero-order valence-corrected chi connectivity index (χ0v) is 22.9. The fourth-order valence-electron chi connectivity index (χ4n) is 5.10. The van der Waals surface area contributed by atoms with Crippen LogP contribution >= 0.6 is 0 Å². The highest BCUT2D eigenvalue weighted by Crippen LogP contribution is 2.62. The molecule has 2 aliphatic heterocycles. The van der Waals surface area contributed by atoms with Crippen molar-refractivity contribution in [3.8, 4) is 0 Å². The van der Waals surface area contributed by atoms with Gasteiger partial charge >= 0.3 is 0 Å². The van der Waals surface area contributed by atoms with E-state index in [1.54, 1.807) is 6.92 Å². The van der Waals surface area contributed by atoms with E-state index in [-0.39, 0.29) is 6.42 Å². The summed E-state index contributed by atoms with van der Waals surface area (Å²) >= 11 is -3.29. The summed E-state index contributed by atoms with van der Waals surface area (Å²) in [5.74, 6) is -4.35. The largest absolute Gasteiger partial charge is 0.748 e. The van der Waals surface area contributed by atoms with Gasteiger partial charge in [0.25, 0.3) is 0 Å². The van der Waals surface area contributed by atoms with Crippen molar-refractivity contribution >= 4 is 38.1 Å². The van der Waals surface area contributed by atoms with Crippen molar-refractivity contribution in [3.63, 3.8) is 0 Å². The summed E-state index contributed by atoms with van der Waals surface area (Å²) in [7, 11) is -8.82. The molecule has 6 unspecified atom stereocenters. The van der Waals surface area contributed by atoms with E-state index >= 15 is 0 Å². The molecule has 0 aromatic rings. The molecule has 2 saturated heterocycles. The number of hydrogen-bond donors (Lipinski definition) is 0. The van der Waals surface area contributed by atoms with Crippen LogP contribution in [0.3, 0.4) is 0 Å². The van der Waals surface area contributed by atoms with Crippen molar-refractivity contribution in [2.24, 2.45) is 11.8 Å². The zero-order chi connectivity index (χ0) is 29.5. The highest BCUT2D eigenvalue weighted by molar-refractivity contribution is 7.81. The van der Waals surface area contributed by atoms with Gasteiger partial charge in [-0.3, -0.25) is 8.37 Å². The molecule has 0 N–H and O–H groups in total. The lowest BCUT2D eigenvalue weighted by molar-refractivity contribution is -0.365. The van der Waals surface area contributed by atoms with Crippen molar-refractivity contribution < 1.29 is 85.9 Å². The van der Waals surface area contributed by atoms with Gasteiger partial charge in [0.2, 0.25) is 20.8 Å². The van der Waals surface area contributed by atoms with E-state index in [1.165, 1.54) is 6.92 Å². The number of rotatable bonds is 13. The molecule has 3 fully saturated rings. The van der Waals surface area contributed by atoms with E-state index in [1.807, 2.05) is 0 Å². The third-order valence-corrected chi connectivity index (χ3v) is 7.70. The summed E-state index contributed by atoms with van der Waals surface area (Å²) in [6, 6.07) is 0. The Morgan fingerprint density at radius 1 is 0.923 bits per heavy atom. The summed E-state index contributed by atoms with van der Waals surface area (Å²) in [6.07, 6.45) is -13.4. The SMILES string of the molecule is CCC1O[C@@H](OC2(C)[C@@H]3C(C(=O)[O-])O[C@H](OC)C(OS(=O)(=O)[O-])[C@H]32)C(OS(=O)(=O)[O-])[C@@H](OOS(=O)[O-])[C@H]1OC. The number of carboxylic acid groups (broad SMARTS) is 1. The van der Waals surface area contributed by atoms with E-state index in [2.05, 4.69) is 12.7 Å². The third kappa shape index (κ3) is 7.28. The van der Waals surface area contributed by atoms with Crippen LogP contribution in [0.15, 0.2) is 0 Å². The Balaban J connectivity index is 2.02. The first kappa shape index (κ1) is 32.6. The molecule has 1 aliphatic carbocycles. The number of aliphatic carboxylic acids is 1. The van der Waals surface area contributed by atoms with Crippen LogP contribution < -0.4 is 5.11 Å². The minimum atomic E-state index is -5.57. The fraction of sp³-hybridized carbons (Fsp3) is 0.941.